The van der Waals surface area contributed by atoms with Gasteiger partial charge in [0.05, 0.1) is 23.5 Å². The third kappa shape index (κ3) is 4.02. The Morgan fingerprint density at radius 2 is 1.81 bits per heavy atom. The van der Waals surface area contributed by atoms with Gasteiger partial charge in [-0.2, -0.15) is 5.10 Å². The van der Waals surface area contributed by atoms with Crippen molar-refractivity contribution in [3.8, 4) is 10.6 Å². The summed E-state index contributed by atoms with van der Waals surface area (Å²) in [5.41, 5.74) is 2.56. The lowest BCUT2D eigenvalue weighted by molar-refractivity contribution is 0.0787. The van der Waals surface area contributed by atoms with Crippen LogP contribution in [-0.2, 0) is 13.1 Å². The standard InChI is InChI=1S/C21H19N3OS2/c1-23(14-17-9-5-11-26-17)21(25)18-15-24(13-16-7-3-2-4-8-16)22-20(18)19-10-6-12-27-19/h2-12,15H,13-14H2,1H3. The van der Waals surface area contributed by atoms with Gasteiger partial charge in [0.15, 0.2) is 0 Å². The summed E-state index contributed by atoms with van der Waals surface area (Å²) in [5.74, 6) is -0.00823. The number of benzene rings is 1. The Morgan fingerprint density at radius 1 is 1.04 bits per heavy atom. The molecule has 0 aliphatic rings. The van der Waals surface area contributed by atoms with Crippen molar-refractivity contribution in [2.45, 2.75) is 13.1 Å². The van der Waals surface area contributed by atoms with Gasteiger partial charge >= 0.3 is 0 Å². The molecule has 1 aromatic carbocycles. The van der Waals surface area contributed by atoms with Gasteiger partial charge < -0.3 is 4.90 Å². The zero-order valence-electron chi connectivity index (χ0n) is 14.9. The fourth-order valence-electron chi connectivity index (χ4n) is 2.94. The molecule has 3 heterocycles. The topological polar surface area (TPSA) is 38.1 Å². The predicted molar refractivity (Wildman–Crippen MR) is 111 cm³/mol. The molecule has 0 N–H and O–H groups in total. The minimum atomic E-state index is -0.00823. The van der Waals surface area contributed by atoms with E-state index in [1.54, 1.807) is 27.6 Å². The molecule has 6 heteroatoms. The van der Waals surface area contributed by atoms with Crippen LogP contribution in [0.4, 0.5) is 0 Å². The Hall–Kier alpha value is -2.70. The molecule has 136 valence electrons. The molecule has 4 nitrogen and oxygen atoms in total. The van der Waals surface area contributed by atoms with E-state index in [1.165, 1.54) is 4.88 Å². The highest BCUT2D eigenvalue weighted by Crippen LogP contribution is 2.28. The lowest BCUT2D eigenvalue weighted by atomic mass is 10.2. The summed E-state index contributed by atoms with van der Waals surface area (Å²) in [4.78, 5) is 17.1. The highest BCUT2D eigenvalue weighted by molar-refractivity contribution is 7.13. The first-order chi connectivity index (χ1) is 13.2. The molecule has 4 aromatic rings. The number of thiophene rings is 2. The van der Waals surface area contributed by atoms with Gasteiger partial charge in [0.2, 0.25) is 0 Å². The molecule has 3 aromatic heterocycles. The second-order valence-corrected chi connectivity index (χ2v) is 8.27. The largest absolute Gasteiger partial charge is 0.336 e. The Bertz CT molecular complexity index is 1010. The van der Waals surface area contributed by atoms with E-state index in [9.17, 15) is 4.79 Å². The molecule has 1 amide bonds. The molecule has 0 aliphatic heterocycles. The number of amides is 1. The van der Waals surface area contributed by atoms with Gasteiger partial charge in [0.25, 0.3) is 5.91 Å². The Labute approximate surface area is 166 Å². The van der Waals surface area contributed by atoms with Gasteiger partial charge in [-0.05, 0) is 28.5 Å². The fourth-order valence-corrected chi connectivity index (χ4v) is 4.42. The molecular weight excluding hydrogens is 374 g/mol. The lowest BCUT2D eigenvalue weighted by Gasteiger charge is -2.15. The number of hydrogen-bond acceptors (Lipinski definition) is 4. The van der Waals surface area contributed by atoms with E-state index in [0.29, 0.717) is 18.7 Å². The number of rotatable bonds is 6. The van der Waals surface area contributed by atoms with Crippen LogP contribution in [0.15, 0.2) is 71.6 Å². The summed E-state index contributed by atoms with van der Waals surface area (Å²) >= 11 is 3.26. The van der Waals surface area contributed by atoms with Crippen LogP contribution in [0.5, 0.6) is 0 Å². The van der Waals surface area contributed by atoms with Crippen LogP contribution in [-0.4, -0.2) is 27.6 Å². The molecule has 0 atom stereocenters. The molecule has 0 bridgehead atoms. The molecule has 0 saturated heterocycles. The summed E-state index contributed by atoms with van der Waals surface area (Å²) in [6.07, 6.45) is 1.87. The first-order valence-electron chi connectivity index (χ1n) is 8.64. The van der Waals surface area contributed by atoms with Gasteiger partial charge in [-0.15, -0.1) is 22.7 Å². The molecule has 4 rings (SSSR count). The minimum absolute atomic E-state index is 0.00823. The smallest absolute Gasteiger partial charge is 0.257 e. The lowest BCUT2D eigenvalue weighted by Crippen LogP contribution is -2.26. The van der Waals surface area contributed by atoms with E-state index in [4.69, 9.17) is 5.10 Å². The third-order valence-electron chi connectivity index (χ3n) is 4.25. The maximum Gasteiger partial charge on any atom is 0.257 e. The molecule has 0 spiro atoms. The predicted octanol–water partition coefficient (Wildman–Crippen LogP) is 4.99. The Morgan fingerprint density at radius 3 is 2.52 bits per heavy atom. The highest BCUT2D eigenvalue weighted by Gasteiger charge is 2.22. The maximum atomic E-state index is 13.1. The summed E-state index contributed by atoms with van der Waals surface area (Å²) in [6, 6.07) is 18.2. The van der Waals surface area contributed by atoms with E-state index < -0.39 is 0 Å². The first-order valence-corrected chi connectivity index (χ1v) is 10.4. The third-order valence-corrected chi connectivity index (χ3v) is 5.99. The molecule has 27 heavy (non-hydrogen) atoms. The fraction of sp³-hybridized carbons (Fsp3) is 0.143. The van der Waals surface area contributed by atoms with Crippen LogP contribution in [0.2, 0.25) is 0 Å². The molecule has 0 unspecified atom stereocenters. The highest BCUT2D eigenvalue weighted by atomic mass is 32.1. The molecule has 0 fully saturated rings. The van der Waals surface area contributed by atoms with Crippen LogP contribution in [0, 0.1) is 0 Å². The Kier molecular flexibility index (Phi) is 5.18. The number of aromatic nitrogens is 2. The second-order valence-electron chi connectivity index (χ2n) is 6.29. The maximum absolute atomic E-state index is 13.1. The van der Waals surface area contributed by atoms with E-state index in [0.717, 1.165) is 16.1 Å². The van der Waals surface area contributed by atoms with E-state index in [2.05, 4.69) is 12.1 Å². The van der Waals surface area contributed by atoms with Crippen LogP contribution >= 0.6 is 22.7 Å². The van der Waals surface area contributed by atoms with Crippen molar-refractivity contribution in [1.29, 1.82) is 0 Å². The zero-order chi connectivity index (χ0) is 18.6. The van der Waals surface area contributed by atoms with Crippen LogP contribution in [0.25, 0.3) is 10.6 Å². The normalized spacial score (nSPS) is 10.9. The van der Waals surface area contributed by atoms with Crippen molar-refractivity contribution in [2.75, 3.05) is 7.05 Å². The SMILES string of the molecule is CN(Cc1cccs1)C(=O)c1cn(Cc2ccccc2)nc1-c1cccs1. The zero-order valence-corrected chi connectivity index (χ0v) is 16.5. The average molecular weight is 394 g/mol. The second kappa shape index (κ2) is 7.90. The van der Waals surface area contributed by atoms with Gasteiger partial charge in [-0.3, -0.25) is 9.48 Å². The van der Waals surface area contributed by atoms with Crippen molar-refractivity contribution < 1.29 is 4.79 Å². The number of nitrogens with zero attached hydrogens (tertiary/aromatic N) is 3. The number of carbonyl (C=O) groups excluding carboxylic acids is 1. The number of hydrogen-bond donors (Lipinski definition) is 0. The monoisotopic (exact) mass is 393 g/mol. The van der Waals surface area contributed by atoms with Crippen molar-refractivity contribution in [1.82, 2.24) is 14.7 Å². The van der Waals surface area contributed by atoms with Gasteiger partial charge in [0, 0.05) is 18.1 Å². The van der Waals surface area contributed by atoms with Crippen molar-refractivity contribution in [2.24, 2.45) is 0 Å². The molecule has 0 saturated carbocycles. The van der Waals surface area contributed by atoms with Crippen molar-refractivity contribution >= 4 is 28.6 Å². The van der Waals surface area contributed by atoms with Gasteiger partial charge in [-0.1, -0.05) is 42.5 Å². The van der Waals surface area contributed by atoms with Crippen molar-refractivity contribution in [3.05, 3.63) is 87.6 Å². The van der Waals surface area contributed by atoms with Gasteiger partial charge in [0.1, 0.15) is 5.69 Å². The summed E-state index contributed by atoms with van der Waals surface area (Å²) in [7, 11) is 1.84. The van der Waals surface area contributed by atoms with Crippen LogP contribution in [0.1, 0.15) is 20.8 Å². The van der Waals surface area contributed by atoms with E-state index >= 15 is 0 Å². The van der Waals surface area contributed by atoms with E-state index in [-0.39, 0.29) is 5.91 Å². The summed E-state index contributed by atoms with van der Waals surface area (Å²) in [5, 5.41) is 8.77. The average Bonchev–Trinajstić information content (AvgIpc) is 3.43. The van der Waals surface area contributed by atoms with Crippen molar-refractivity contribution in [3.63, 3.8) is 0 Å². The first kappa shape index (κ1) is 17.7. The summed E-state index contributed by atoms with van der Waals surface area (Å²) in [6.45, 7) is 1.24. The van der Waals surface area contributed by atoms with Crippen LogP contribution in [0.3, 0.4) is 0 Å². The quantitative estimate of drug-likeness (QED) is 0.463. The minimum Gasteiger partial charge on any atom is -0.336 e. The number of carbonyl (C=O) groups is 1. The molecular formula is C21H19N3OS2. The molecule has 0 radical (unpaired) electrons. The van der Waals surface area contributed by atoms with Crippen LogP contribution < -0.4 is 0 Å². The van der Waals surface area contributed by atoms with E-state index in [1.807, 2.05) is 71.2 Å². The Balaban J connectivity index is 1.64. The van der Waals surface area contributed by atoms with Gasteiger partial charge in [-0.25, -0.2) is 0 Å². The molecule has 0 aliphatic carbocycles. The summed E-state index contributed by atoms with van der Waals surface area (Å²) < 4.78 is 1.86.